The van der Waals surface area contributed by atoms with Crippen LogP contribution >= 0.6 is 0 Å². The van der Waals surface area contributed by atoms with Gasteiger partial charge in [0.1, 0.15) is 0 Å². The Bertz CT molecular complexity index is 228. The van der Waals surface area contributed by atoms with E-state index in [1.54, 1.807) is 0 Å². The van der Waals surface area contributed by atoms with Crippen LogP contribution in [0.15, 0.2) is 30.3 Å². The Morgan fingerprint density at radius 1 is 1.30 bits per heavy atom. The van der Waals surface area contributed by atoms with Crippen molar-refractivity contribution in [3.8, 4) is 5.92 Å². The van der Waals surface area contributed by atoms with Gasteiger partial charge in [-0.3, -0.25) is 0 Å². The molecule has 0 saturated heterocycles. The molecule has 0 radical (unpaired) electrons. The van der Waals surface area contributed by atoms with Gasteiger partial charge in [-0.25, -0.2) is 0 Å². The monoisotopic (exact) mass is 129 g/mol. The number of rotatable bonds is 1. The Balaban J connectivity index is 2.88. The normalized spacial score (nSPS) is 12.3. The summed E-state index contributed by atoms with van der Waals surface area (Å²) in [6, 6.07) is 9.94. The van der Waals surface area contributed by atoms with Gasteiger partial charge in [-0.15, -0.1) is 0 Å². The van der Waals surface area contributed by atoms with Gasteiger partial charge < -0.3 is 0 Å². The molecule has 0 bridgehead atoms. The summed E-state index contributed by atoms with van der Waals surface area (Å²) in [4.78, 5) is 0. The minimum absolute atomic E-state index is 0.126. The number of hydrogen-bond donors (Lipinski definition) is 0. The van der Waals surface area contributed by atoms with Gasteiger partial charge in [-0.1, -0.05) is 0 Å². The van der Waals surface area contributed by atoms with Gasteiger partial charge in [0.2, 0.25) is 0 Å². The van der Waals surface area contributed by atoms with Crippen molar-refractivity contribution in [3.63, 3.8) is 0 Å². The Kier molecular flexibility index (Phi) is 2.30. The molecule has 0 aromatic heterocycles. The molecule has 1 rings (SSSR count). The molecule has 0 aliphatic carbocycles. The van der Waals surface area contributed by atoms with Crippen molar-refractivity contribution in [1.29, 1.82) is 0 Å². The van der Waals surface area contributed by atoms with E-state index in [0.717, 1.165) is 5.56 Å². The fraction of sp³-hybridized carbons (Fsp3) is 0.200. The van der Waals surface area contributed by atoms with Crippen LogP contribution in [-0.4, -0.2) is 0 Å². The first-order valence-electron chi connectivity index (χ1n) is 3.32. The molecule has 1 aromatic rings. The van der Waals surface area contributed by atoms with Crippen LogP contribution in [-0.2, 0) is 0 Å². The molecule has 0 heterocycles. The Labute approximate surface area is 61.9 Å². The average molecular weight is 129 g/mol. The van der Waals surface area contributed by atoms with E-state index in [0.29, 0.717) is 0 Å². The first-order valence-corrected chi connectivity index (χ1v) is 3.32. The van der Waals surface area contributed by atoms with E-state index >= 15 is 0 Å². The summed E-state index contributed by atoms with van der Waals surface area (Å²) >= 11 is 0. The van der Waals surface area contributed by atoms with E-state index in [1.165, 1.54) is 0 Å². The summed E-state index contributed by atoms with van der Waals surface area (Å²) in [5.74, 6) is 2.56. The molecule has 1 atom stereocenters. The fourth-order valence-electron chi connectivity index (χ4n) is 0.825. The summed E-state index contributed by atoms with van der Waals surface area (Å²) < 4.78 is 0. The molecular formula is C10H9+. The average Bonchev–Trinajstić information content (AvgIpc) is 2.05. The predicted molar refractivity (Wildman–Crippen MR) is 42.0 cm³/mol. The van der Waals surface area contributed by atoms with Gasteiger partial charge in [0, 0.05) is 0 Å². The summed E-state index contributed by atoms with van der Waals surface area (Å²) in [6.07, 6.45) is 6.90. The molecule has 48 valence electrons. The topological polar surface area (TPSA) is 0 Å². The molecule has 0 spiro atoms. The third-order valence-electron chi connectivity index (χ3n) is 1.52. The van der Waals surface area contributed by atoms with Crippen LogP contribution in [0, 0.1) is 12.3 Å². The minimum atomic E-state index is 0.126. The number of benzene rings is 1. The van der Waals surface area contributed by atoms with Crippen molar-refractivity contribution < 1.29 is 0 Å². The van der Waals surface area contributed by atoms with Crippen LogP contribution in [0.3, 0.4) is 0 Å². The molecule has 0 heteroatoms. The van der Waals surface area contributed by atoms with Gasteiger partial charge in [0.05, 0.1) is 0 Å². The molecule has 0 nitrogen and oxygen atoms in total. The Morgan fingerprint density at radius 2 is 1.90 bits per heavy atom. The molecule has 0 aliphatic rings. The van der Waals surface area contributed by atoms with E-state index in [1.807, 2.05) is 37.3 Å². The molecule has 0 amide bonds. The summed E-state index contributed by atoms with van der Waals surface area (Å²) in [5, 5.41) is 0. The quantitative estimate of drug-likeness (QED) is 0.403. The van der Waals surface area contributed by atoms with Crippen molar-refractivity contribution in [3.05, 3.63) is 42.3 Å². The van der Waals surface area contributed by atoms with Gasteiger partial charge in [0.25, 0.3) is 0 Å². The van der Waals surface area contributed by atoms with Crippen LogP contribution in [0.25, 0.3) is 0 Å². The van der Waals surface area contributed by atoms with Crippen LogP contribution < -0.4 is 0 Å². The van der Waals surface area contributed by atoms with Crippen LogP contribution in [0.1, 0.15) is 18.4 Å². The van der Waals surface area contributed by atoms with Crippen molar-refractivity contribution >= 4 is 0 Å². The van der Waals surface area contributed by atoms with Crippen LogP contribution in [0.5, 0.6) is 0 Å². The molecule has 1 unspecified atom stereocenters. The Morgan fingerprint density at radius 3 is 2.40 bits per heavy atom. The molecule has 10 heavy (non-hydrogen) atoms. The second kappa shape index (κ2) is 3.24. The van der Waals surface area contributed by atoms with Crippen molar-refractivity contribution in [2.45, 2.75) is 12.8 Å². The van der Waals surface area contributed by atoms with E-state index in [9.17, 15) is 0 Å². The van der Waals surface area contributed by atoms with Crippen LogP contribution in [0.2, 0.25) is 0 Å². The van der Waals surface area contributed by atoms with Crippen LogP contribution in [0.4, 0.5) is 0 Å². The van der Waals surface area contributed by atoms with E-state index < -0.39 is 0 Å². The second-order valence-corrected chi connectivity index (χ2v) is 2.28. The SMILES string of the molecule is [C+]#CC(C)c1ccccc1. The van der Waals surface area contributed by atoms with Crippen molar-refractivity contribution in [1.82, 2.24) is 0 Å². The maximum atomic E-state index is 6.90. The van der Waals surface area contributed by atoms with E-state index in [2.05, 4.69) is 5.92 Å². The second-order valence-electron chi connectivity index (χ2n) is 2.28. The fourth-order valence-corrected chi connectivity index (χ4v) is 0.825. The Hall–Kier alpha value is -1.00. The summed E-state index contributed by atoms with van der Waals surface area (Å²) in [5.41, 5.74) is 1.15. The van der Waals surface area contributed by atoms with Gasteiger partial charge in [-0.2, -0.15) is 0 Å². The molecule has 0 aliphatic heterocycles. The predicted octanol–water partition coefficient (Wildman–Crippen LogP) is 2.38. The summed E-state index contributed by atoms with van der Waals surface area (Å²) in [6.45, 7) is 1.96. The van der Waals surface area contributed by atoms with Gasteiger partial charge in [0.15, 0.2) is 0 Å². The first kappa shape index (κ1) is 7.11. The van der Waals surface area contributed by atoms with E-state index in [-0.39, 0.29) is 5.92 Å². The van der Waals surface area contributed by atoms with Crippen molar-refractivity contribution in [2.75, 3.05) is 0 Å². The third-order valence-corrected chi connectivity index (χ3v) is 1.52. The molecule has 0 fully saturated rings. The third kappa shape index (κ3) is 1.49. The van der Waals surface area contributed by atoms with E-state index in [4.69, 9.17) is 6.42 Å². The standard InChI is InChI=1S/C10H9/c1-3-9(2)10-7-5-4-6-8-10/h4-9H,2H3/q+1. The van der Waals surface area contributed by atoms with Gasteiger partial charge >= 0.3 is 61.1 Å². The zero-order valence-electron chi connectivity index (χ0n) is 5.96. The molecule has 0 N–H and O–H groups in total. The summed E-state index contributed by atoms with van der Waals surface area (Å²) in [7, 11) is 0. The zero-order valence-corrected chi connectivity index (χ0v) is 5.96. The molecule has 1 aromatic carbocycles. The maximum absolute atomic E-state index is 6.90. The van der Waals surface area contributed by atoms with Crippen molar-refractivity contribution in [2.24, 2.45) is 0 Å². The molecular weight excluding hydrogens is 120 g/mol. The molecule has 0 saturated carbocycles. The zero-order chi connectivity index (χ0) is 7.40. The first-order chi connectivity index (χ1) is 4.84. The van der Waals surface area contributed by atoms with Gasteiger partial charge in [-0.05, 0) is 0 Å². The number of hydrogen-bond acceptors (Lipinski definition) is 0.